The normalized spacial score (nSPS) is 10.4. The highest BCUT2D eigenvalue weighted by Crippen LogP contribution is 2.37. The summed E-state index contributed by atoms with van der Waals surface area (Å²) in [5.74, 6) is -0.497. The van der Waals surface area contributed by atoms with Gasteiger partial charge in [0.05, 0.1) is 10.7 Å². The van der Waals surface area contributed by atoms with E-state index in [1.165, 1.54) is 12.1 Å². The van der Waals surface area contributed by atoms with Crippen LogP contribution in [0, 0.1) is 17.1 Å². The van der Waals surface area contributed by atoms with Crippen molar-refractivity contribution < 1.29 is 4.39 Å². The Labute approximate surface area is 151 Å². The third kappa shape index (κ3) is 2.86. The molecule has 0 spiro atoms. The SMILES string of the molecule is N#Cc1c(-c2c(F)cccc2Cl)cc(-c2ccccc2Br)nc1N. The number of benzene rings is 2. The van der Waals surface area contributed by atoms with Crippen molar-refractivity contribution in [3.63, 3.8) is 0 Å². The zero-order chi connectivity index (χ0) is 17.3. The van der Waals surface area contributed by atoms with Gasteiger partial charge in [-0.3, -0.25) is 0 Å². The van der Waals surface area contributed by atoms with Gasteiger partial charge < -0.3 is 5.73 Å². The number of nitrogens with two attached hydrogens (primary N) is 1. The first-order valence-corrected chi connectivity index (χ1v) is 8.10. The summed E-state index contributed by atoms with van der Waals surface area (Å²) in [6, 6.07) is 15.4. The molecule has 1 aromatic heterocycles. The van der Waals surface area contributed by atoms with Gasteiger partial charge in [0.25, 0.3) is 0 Å². The Morgan fingerprint density at radius 3 is 2.54 bits per heavy atom. The van der Waals surface area contributed by atoms with Gasteiger partial charge >= 0.3 is 0 Å². The minimum absolute atomic E-state index is 0.0278. The Kier molecular flexibility index (Phi) is 4.52. The van der Waals surface area contributed by atoms with E-state index in [1.54, 1.807) is 12.1 Å². The average Bonchev–Trinajstić information content (AvgIpc) is 2.55. The summed E-state index contributed by atoms with van der Waals surface area (Å²) in [5, 5.41) is 9.62. The second kappa shape index (κ2) is 6.60. The van der Waals surface area contributed by atoms with Gasteiger partial charge in [0.15, 0.2) is 0 Å². The molecular weight excluding hydrogens is 393 g/mol. The van der Waals surface area contributed by atoms with Gasteiger partial charge in [0.1, 0.15) is 23.3 Å². The highest BCUT2D eigenvalue weighted by molar-refractivity contribution is 9.10. The van der Waals surface area contributed by atoms with E-state index >= 15 is 0 Å². The van der Waals surface area contributed by atoms with Gasteiger partial charge in [0.2, 0.25) is 0 Å². The predicted octanol–water partition coefficient (Wildman–Crippen LogP) is 5.42. The summed E-state index contributed by atoms with van der Waals surface area (Å²) >= 11 is 9.61. The number of nitrogen functional groups attached to an aromatic ring is 1. The van der Waals surface area contributed by atoms with Crippen LogP contribution in [-0.2, 0) is 0 Å². The van der Waals surface area contributed by atoms with Gasteiger partial charge in [-0.1, -0.05) is 51.8 Å². The maximum absolute atomic E-state index is 14.3. The first-order chi connectivity index (χ1) is 11.5. The summed E-state index contributed by atoms with van der Waals surface area (Å²) < 4.78 is 15.1. The summed E-state index contributed by atoms with van der Waals surface area (Å²) in [6.07, 6.45) is 0. The van der Waals surface area contributed by atoms with Crippen LogP contribution in [0.5, 0.6) is 0 Å². The lowest BCUT2D eigenvalue weighted by atomic mass is 9.98. The molecular formula is C18H10BrClFN3. The molecule has 3 nitrogen and oxygen atoms in total. The molecule has 24 heavy (non-hydrogen) atoms. The predicted molar refractivity (Wildman–Crippen MR) is 96.9 cm³/mol. The van der Waals surface area contributed by atoms with E-state index in [-0.39, 0.29) is 22.0 Å². The van der Waals surface area contributed by atoms with E-state index in [9.17, 15) is 9.65 Å². The molecule has 0 amide bonds. The molecule has 0 aliphatic carbocycles. The fourth-order valence-electron chi connectivity index (χ4n) is 2.44. The first kappa shape index (κ1) is 16.4. The van der Waals surface area contributed by atoms with Crippen LogP contribution in [0.3, 0.4) is 0 Å². The Balaban J connectivity index is 2.34. The number of anilines is 1. The van der Waals surface area contributed by atoms with Crippen molar-refractivity contribution in [2.24, 2.45) is 0 Å². The van der Waals surface area contributed by atoms with Crippen LogP contribution in [0.2, 0.25) is 5.02 Å². The molecule has 0 aliphatic heterocycles. The van der Waals surface area contributed by atoms with Crippen LogP contribution in [0.25, 0.3) is 22.4 Å². The van der Waals surface area contributed by atoms with Crippen LogP contribution in [0.4, 0.5) is 10.2 Å². The third-order valence-corrected chi connectivity index (χ3v) is 4.55. The second-order valence-electron chi connectivity index (χ2n) is 5.00. The molecule has 0 saturated heterocycles. The van der Waals surface area contributed by atoms with E-state index in [2.05, 4.69) is 20.9 Å². The van der Waals surface area contributed by atoms with Gasteiger partial charge in [0, 0.05) is 21.2 Å². The number of nitrogens with zero attached hydrogens (tertiary/aromatic N) is 2. The van der Waals surface area contributed by atoms with Crippen LogP contribution in [0.1, 0.15) is 5.56 Å². The lowest BCUT2D eigenvalue weighted by Crippen LogP contribution is -2.01. The van der Waals surface area contributed by atoms with Crippen LogP contribution >= 0.6 is 27.5 Å². The topological polar surface area (TPSA) is 62.7 Å². The molecule has 0 unspecified atom stereocenters. The minimum Gasteiger partial charge on any atom is -0.383 e. The monoisotopic (exact) mass is 401 g/mol. The molecule has 6 heteroatoms. The molecule has 2 N–H and O–H groups in total. The van der Waals surface area contributed by atoms with E-state index < -0.39 is 5.82 Å². The van der Waals surface area contributed by atoms with Gasteiger partial charge in [-0.15, -0.1) is 0 Å². The van der Waals surface area contributed by atoms with E-state index in [4.69, 9.17) is 17.3 Å². The Hall–Kier alpha value is -2.42. The molecule has 0 bridgehead atoms. The van der Waals surface area contributed by atoms with Gasteiger partial charge in [-0.2, -0.15) is 5.26 Å². The standard InChI is InChI=1S/C18H10BrClFN3/c19-13-5-2-1-4-10(13)16-8-11(12(9-22)18(23)24-16)17-14(20)6-3-7-15(17)21/h1-8H,(H2,23,24). The van der Waals surface area contributed by atoms with Crippen molar-refractivity contribution in [3.8, 4) is 28.5 Å². The maximum Gasteiger partial charge on any atom is 0.142 e. The van der Waals surface area contributed by atoms with Crippen LogP contribution < -0.4 is 5.73 Å². The number of hydrogen-bond donors (Lipinski definition) is 1. The van der Waals surface area contributed by atoms with Crippen molar-refractivity contribution in [1.82, 2.24) is 4.98 Å². The van der Waals surface area contributed by atoms with Crippen molar-refractivity contribution in [2.45, 2.75) is 0 Å². The molecule has 1 heterocycles. The lowest BCUT2D eigenvalue weighted by molar-refractivity contribution is 0.631. The van der Waals surface area contributed by atoms with Crippen LogP contribution in [-0.4, -0.2) is 4.98 Å². The summed E-state index contributed by atoms with van der Waals surface area (Å²) in [6.45, 7) is 0. The van der Waals surface area contributed by atoms with Gasteiger partial charge in [-0.05, 0) is 24.3 Å². The maximum atomic E-state index is 14.3. The molecule has 0 aliphatic rings. The Bertz CT molecular complexity index is 962. The lowest BCUT2D eigenvalue weighted by Gasteiger charge is -2.13. The molecule has 2 aromatic carbocycles. The zero-order valence-corrected chi connectivity index (χ0v) is 14.6. The largest absolute Gasteiger partial charge is 0.383 e. The number of nitriles is 1. The number of aromatic nitrogens is 1. The van der Waals surface area contributed by atoms with E-state index in [0.717, 1.165) is 10.0 Å². The molecule has 0 radical (unpaired) electrons. The Morgan fingerprint density at radius 2 is 1.88 bits per heavy atom. The molecule has 0 saturated carbocycles. The quantitative estimate of drug-likeness (QED) is 0.622. The fourth-order valence-corrected chi connectivity index (χ4v) is 3.19. The van der Waals surface area contributed by atoms with Crippen molar-refractivity contribution in [3.05, 3.63) is 69.4 Å². The molecule has 118 valence electrons. The molecule has 3 aromatic rings. The highest BCUT2D eigenvalue weighted by atomic mass is 79.9. The summed E-state index contributed by atoms with van der Waals surface area (Å²) in [7, 11) is 0. The smallest absolute Gasteiger partial charge is 0.142 e. The second-order valence-corrected chi connectivity index (χ2v) is 6.27. The number of pyridine rings is 1. The van der Waals surface area contributed by atoms with E-state index in [0.29, 0.717) is 11.3 Å². The van der Waals surface area contributed by atoms with Crippen molar-refractivity contribution in [1.29, 1.82) is 5.26 Å². The fraction of sp³-hybridized carbons (Fsp3) is 0. The van der Waals surface area contributed by atoms with Crippen molar-refractivity contribution in [2.75, 3.05) is 5.73 Å². The van der Waals surface area contributed by atoms with Crippen LogP contribution in [0.15, 0.2) is 53.0 Å². The first-order valence-electron chi connectivity index (χ1n) is 6.93. The van der Waals surface area contributed by atoms with Crippen molar-refractivity contribution >= 4 is 33.3 Å². The summed E-state index contributed by atoms with van der Waals surface area (Å²) in [5.41, 5.74) is 7.80. The zero-order valence-electron chi connectivity index (χ0n) is 12.2. The van der Waals surface area contributed by atoms with Gasteiger partial charge in [-0.25, -0.2) is 9.37 Å². The van der Waals surface area contributed by atoms with E-state index in [1.807, 2.05) is 30.3 Å². The summed E-state index contributed by atoms with van der Waals surface area (Å²) in [4.78, 5) is 4.28. The minimum atomic E-state index is -0.525. The molecule has 3 rings (SSSR count). The number of halogens is 3. The number of rotatable bonds is 2. The highest BCUT2D eigenvalue weighted by Gasteiger charge is 2.19. The Morgan fingerprint density at radius 1 is 1.12 bits per heavy atom. The average molecular weight is 403 g/mol. The third-order valence-electron chi connectivity index (χ3n) is 3.54. The number of hydrogen-bond acceptors (Lipinski definition) is 3. The molecule has 0 fully saturated rings. The molecule has 0 atom stereocenters.